The molecule has 1 rings (SSSR count). The molecular formula is C9H12ClNO4. The van der Waals surface area contributed by atoms with Crippen LogP contribution in [0.5, 0.6) is 0 Å². The summed E-state index contributed by atoms with van der Waals surface area (Å²) in [6.07, 6.45) is -1.28. The number of nitrogens with zero attached hydrogens (tertiary/aromatic N) is 1. The largest absolute Gasteiger partial charge is 0.466 e. The number of aryl methyl sites for hydroxylation is 2. The highest BCUT2D eigenvalue weighted by Crippen LogP contribution is 2.15. The van der Waals surface area contributed by atoms with Gasteiger partial charge in [-0.25, -0.2) is 9.69 Å². The lowest BCUT2D eigenvalue weighted by molar-refractivity contribution is 0.0780. The van der Waals surface area contributed by atoms with Crippen LogP contribution in [-0.2, 0) is 0 Å². The van der Waals surface area contributed by atoms with E-state index in [0.717, 1.165) is 0 Å². The molecule has 0 spiro atoms. The van der Waals surface area contributed by atoms with Crippen molar-refractivity contribution in [2.24, 2.45) is 0 Å². The van der Waals surface area contributed by atoms with E-state index < -0.39 is 12.0 Å². The van der Waals surface area contributed by atoms with Crippen LogP contribution in [-0.4, -0.2) is 29.1 Å². The summed E-state index contributed by atoms with van der Waals surface area (Å²) in [7, 11) is 1.20. The molecule has 0 saturated heterocycles. The molecule has 0 unspecified atom stereocenters. The molecule has 0 aliphatic carbocycles. The van der Waals surface area contributed by atoms with Crippen molar-refractivity contribution in [2.45, 2.75) is 13.8 Å². The first-order valence-electron chi connectivity index (χ1n) is 4.01. The Morgan fingerprint density at radius 2 is 1.93 bits per heavy atom. The van der Waals surface area contributed by atoms with Crippen LogP contribution in [0.1, 0.15) is 21.9 Å². The molecule has 1 aromatic rings. The maximum Gasteiger partial charge on any atom is 0.414 e. The van der Waals surface area contributed by atoms with Crippen molar-refractivity contribution in [3.05, 3.63) is 23.2 Å². The second kappa shape index (κ2) is 4.84. The van der Waals surface area contributed by atoms with E-state index in [9.17, 15) is 9.59 Å². The van der Waals surface area contributed by atoms with E-state index in [2.05, 4.69) is 0 Å². The Hall–Kier alpha value is -1.49. The van der Waals surface area contributed by atoms with Gasteiger partial charge in [-0.1, -0.05) is 0 Å². The molecule has 2 amide bonds. The van der Waals surface area contributed by atoms with Crippen LogP contribution < -0.4 is 0 Å². The first-order chi connectivity index (χ1) is 6.43. The Labute approximate surface area is 93.1 Å². The number of carboxylic acid groups (broad SMARTS) is 1. The second-order valence-electron chi connectivity index (χ2n) is 2.97. The van der Waals surface area contributed by atoms with Gasteiger partial charge in [0.1, 0.15) is 11.5 Å². The molecule has 1 N–H and O–H groups in total. The van der Waals surface area contributed by atoms with Crippen LogP contribution in [0.4, 0.5) is 4.79 Å². The van der Waals surface area contributed by atoms with Crippen molar-refractivity contribution in [2.75, 3.05) is 7.05 Å². The highest BCUT2D eigenvalue weighted by Gasteiger charge is 2.21. The van der Waals surface area contributed by atoms with Gasteiger partial charge in [0, 0.05) is 7.05 Å². The molecule has 0 aliphatic heterocycles. The van der Waals surface area contributed by atoms with Gasteiger partial charge in [-0.15, -0.1) is 12.4 Å². The van der Waals surface area contributed by atoms with Gasteiger partial charge < -0.3 is 9.52 Å². The summed E-state index contributed by atoms with van der Waals surface area (Å²) in [5.41, 5.74) is 0.285. The first kappa shape index (κ1) is 13.5. The van der Waals surface area contributed by atoms with Crippen molar-refractivity contribution in [3.63, 3.8) is 0 Å². The highest BCUT2D eigenvalue weighted by atomic mass is 35.5. The van der Waals surface area contributed by atoms with Gasteiger partial charge >= 0.3 is 6.09 Å². The molecule has 15 heavy (non-hydrogen) atoms. The molecule has 0 saturated carbocycles. The summed E-state index contributed by atoms with van der Waals surface area (Å²) >= 11 is 0. The van der Waals surface area contributed by atoms with Crippen molar-refractivity contribution >= 4 is 24.4 Å². The van der Waals surface area contributed by atoms with Gasteiger partial charge in [-0.05, 0) is 19.9 Å². The minimum absolute atomic E-state index is 0. The van der Waals surface area contributed by atoms with E-state index in [-0.39, 0.29) is 18.0 Å². The van der Waals surface area contributed by atoms with Crippen LogP contribution in [0.3, 0.4) is 0 Å². The molecule has 1 heterocycles. The van der Waals surface area contributed by atoms with E-state index >= 15 is 0 Å². The minimum atomic E-state index is -1.28. The molecule has 0 bridgehead atoms. The lowest BCUT2D eigenvalue weighted by atomic mass is 10.2. The van der Waals surface area contributed by atoms with E-state index in [1.54, 1.807) is 13.8 Å². The van der Waals surface area contributed by atoms with Gasteiger partial charge in [0.05, 0.1) is 5.56 Å². The Morgan fingerprint density at radius 1 is 1.40 bits per heavy atom. The van der Waals surface area contributed by atoms with Crippen LogP contribution in [0.2, 0.25) is 0 Å². The number of imide groups is 1. The van der Waals surface area contributed by atoms with Crippen LogP contribution in [0.15, 0.2) is 10.5 Å². The molecule has 0 aromatic carbocycles. The number of halogens is 1. The maximum atomic E-state index is 11.5. The highest BCUT2D eigenvalue weighted by molar-refractivity contribution is 6.02. The smallest absolute Gasteiger partial charge is 0.414 e. The fourth-order valence-electron chi connectivity index (χ4n) is 1.11. The Morgan fingerprint density at radius 3 is 2.27 bits per heavy atom. The number of rotatable bonds is 1. The Bertz CT molecular complexity index is 385. The summed E-state index contributed by atoms with van der Waals surface area (Å²) in [6, 6.07) is 1.52. The van der Waals surface area contributed by atoms with Crippen LogP contribution in [0, 0.1) is 13.8 Å². The van der Waals surface area contributed by atoms with Gasteiger partial charge in [0.25, 0.3) is 5.91 Å². The third-order valence-corrected chi connectivity index (χ3v) is 1.86. The fraction of sp³-hybridized carbons (Fsp3) is 0.333. The Balaban J connectivity index is 0.00000196. The molecule has 5 nitrogen and oxygen atoms in total. The molecule has 6 heteroatoms. The second-order valence-corrected chi connectivity index (χ2v) is 2.97. The van der Waals surface area contributed by atoms with E-state index in [1.807, 2.05) is 0 Å². The quantitative estimate of drug-likeness (QED) is 0.806. The number of carbonyl (C=O) groups is 2. The summed E-state index contributed by atoms with van der Waals surface area (Å²) in [5, 5.41) is 8.59. The fourth-order valence-corrected chi connectivity index (χ4v) is 1.11. The number of hydrogen-bond donors (Lipinski definition) is 1. The molecular weight excluding hydrogens is 222 g/mol. The maximum absolute atomic E-state index is 11.5. The van der Waals surface area contributed by atoms with Gasteiger partial charge in [-0.2, -0.15) is 0 Å². The van der Waals surface area contributed by atoms with E-state index in [4.69, 9.17) is 9.52 Å². The number of furan rings is 1. The molecule has 0 radical (unpaired) electrons. The standard InChI is InChI=1S/C9H11NO4.ClH/c1-5-4-7(6(2)14-5)8(11)10(3)9(12)13;/h4H,1-3H3,(H,12,13);1H. The average Bonchev–Trinajstić information content (AvgIpc) is 2.42. The van der Waals surface area contributed by atoms with E-state index in [1.165, 1.54) is 13.1 Å². The third kappa shape index (κ3) is 2.73. The number of carbonyl (C=O) groups excluding carboxylic acids is 1. The van der Waals surface area contributed by atoms with Crippen LogP contribution in [0.25, 0.3) is 0 Å². The van der Waals surface area contributed by atoms with E-state index in [0.29, 0.717) is 16.4 Å². The summed E-state index contributed by atoms with van der Waals surface area (Å²) < 4.78 is 5.13. The molecule has 1 aromatic heterocycles. The average molecular weight is 234 g/mol. The SMILES string of the molecule is Cc1cc(C(=O)N(C)C(=O)O)c(C)o1.Cl. The lowest BCUT2D eigenvalue weighted by Gasteiger charge is -2.09. The molecule has 84 valence electrons. The minimum Gasteiger partial charge on any atom is -0.466 e. The zero-order chi connectivity index (χ0) is 10.9. The van der Waals surface area contributed by atoms with Gasteiger partial charge in [0.2, 0.25) is 0 Å². The monoisotopic (exact) mass is 233 g/mol. The predicted octanol–water partition coefficient (Wildman–Crippen LogP) is 2.07. The predicted molar refractivity (Wildman–Crippen MR) is 55.5 cm³/mol. The molecule has 0 fully saturated rings. The van der Waals surface area contributed by atoms with Crippen molar-refractivity contribution in [1.29, 1.82) is 0 Å². The normalized spacial score (nSPS) is 9.27. The topological polar surface area (TPSA) is 70.8 Å². The zero-order valence-electron chi connectivity index (χ0n) is 8.60. The summed E-state index contributed by atoms with van der Waals surface area (Å²) in [4.78, 5) is 22.6. The van der Waals surface area contributed by atoms with Crippen LogP contribution >= 0.6 is 12.4 Å². The van der Waals surface area contributed by atoms with Gasteiger partial charge in [-0.3, -0.25) is 4.79 Å². The first-order valence-corrected chi connectivity index (χ1v) is 4.01. The summed E-state index contributed by atoms with van der Waals surface area (Å²) in [6.45, 7) is 3.32. The third-order valence-electron chi connectivity index (χ3n) is 1.86. The lowest BCUT2D eigenvalue weighted by Crippen LogP contribution is -2.31. The van der Waals surface area contributed by atoms with Crippen molar-refractivity contribution < 1.29 is 19.1 Å². The zero-order valence-corrected chi connectivity index (χ0v) is 9.42. The van der Waals surface area contributed by atoms with Crippen molar-refractivity contribution in [1.82, 2.24) is 4.90 Å². The van der Waals surface area contributed by atoms with Crippen molar-refractivity contribution in [3.8, 4) is 0 Å². The van der Waals surface area contributed by atoms with Gasteiger partial charge in [0.15, 0.2) is 0 Å². The number of amides is 2. The molecule has 0 atom stereocenters. The molecule has 0 aliphatic rings. The summed E-state index contributed by atoms with van der Waals surface area (Å²) in [5.74, 6) is 0.442. The number of hydrogen-bond acceptors (Lipinski definition) is 3. The Kier molecular flexibility index (Phi) is 4.36.